The van der Waals surface area contributed by atoms with Crippen LogP contribution >= 0.6 is 91.5 Å². The molecule has 0 spiro atoms. The van der Waals surface area contributed by atoms with E-state index in [-0.39, 0.29) is 123 Å². The van der Waals surface area contributed by atoms with Gasteiger partial charge in [-0.25, -0.2) is 43.1 Å². The van der Waals surface area contributed by atoms with Gasteiger partial charge in [-0.1, -0.05) is 53.0 Å². The van der Waals surface area contributed by atoms with Crippen LogP contribution in [0.3, 0.4) is 0 Å². The lowest BCUT2D eigenvalue weighted by molar-refractivity contribution is -0.144. The highest BCUT2D eigenvalue weighted by Crippen LogP contribution is 2.48. The molecular weight excluding hydrogens is 2140 g/mol. The molecule has 768 valence electrons. The molecule has 25 rings (SSSR count). The van der Waals surface area contributed by atoms with Gasteiger partial charge in [0.2, 0.25) is 0 Å². The first-order valence-corrected chi connectivity index (χ1v) is 50.2. The van der Waals surface area contributed by atoms with Crippen molar-refractivity contribution in [2.24, 2.45) is 0 Å². The number of hydrogen-bond donors (Lipinski definition) is 0. The lowest BCUT2D eigenvalue weighted by Gasteiger charge is -2.45. The van der Waals surface area contributed by atoms with Crippen LogP contribution in [-0.4, -0.2) is 254 Å². The van der Waals surface area contributed by atoms with Crippen LogP contribution in [0.4, 0.5) is 65.9 Å². The summed E-state index contributed by atoms with van der Waals surface area (Å²) in [4.78, 5) is 98.1. The molecule has 5 fully saturated rings. The van der Waals surface area contributed by atoms with Gasteiger partial charge < -0.3 is 71.0 Å². The number of thiazole rings is 5. The van der Waals surface area contributed by atoms with Crippen molar-refractivity contribution in [1.82, 2.24) is 128 Å². The second-order valence-electron chi connectivity index (χ2n) is 34.5. The predicted octanol–water partition coefficient (Wildman–Crippen LogP) is 16.1. The molecule has 1 unspecified atom stereocenters. The van der Waals surface area contributed by atoms with Crippen molar-refractivity contribution >= 4 is 121 Å². The summed E-state index contributed by atoms with van der Waals surface area (Å²) in [6.45, 7) is 5.02. The van der Waals surface area contributed by atoms with Crippen molar-refractivity contribution in [2.45, 2.75) is 125 Å². The molecule has 36 nitrogen and oxygen atoms in total. The number of carbonyl (C=O) groups excluding carboxylic acids is 5. The minimum atomic E-state index is -5.01. The summed E-state index contributed by atoms with van der Waals surface area (Å²) in [6.07, 6.45) is -18.3. The van der Waals surface area contributed by atoms with Gasteiger partial charge in [-0.15, -0.1) is 108 Å². The van der Waals surface area contributed by atoms with E-state index in [1.165, 1.54) is 109 Å². The van der Waals surface area contributed by atoms with Crippen molar-refractivity contribution in [3.63, 3.8) is 0 Å². The van der Waals surface area contributed by atoms with E-state index < -0.39 is 153 Å². The van der Waals surface area contributed by atoms with Gasteiger partial charge in [-0.3, -0.25) is 24.0 Å². The molecule has 10 bridgehead atoms. The Bertz CT molecular complexity index is 6870. The zero-order valence-electron chi connectivity index (χ0n) is 75.2. The highest BCUT2D eigenvalue weighted by atomic mass is 35.5. The van der Waals surface area contributed by atoms with Crippen LogP contribution in [0.15, 0.2) is 133 Å². The fourth-order valence-corrected chi connectivity index (χ4v) is 22.8. The molecule has 15 aromatic rings. The van der Waals surface area contributed by atoms with E-state index in [0.29, 0.717) is 113 Å². The van der Waals surface area contributed by atoms with Crippen molar-refractivity contribution in [1.29, 1.82) is 0 Å². The number of amides is 5. The highest BCUT2D eigenvalue weighted by molar-refractivity contribution is 7.08. The standard InChI is InChI=1S/C19H16F3N5O2S.C18H13ClF3N5O2S.C18H13F4N5O2S.C17H12Cl2FN5O2S.C17H12F4N6O2S/c1-10-12(3-2-4-13(10)19(20,21)22)18(28)27-11-5-26-16(14-8-30-9-23-14)24-25-17(26)15(27)7-29-6-11;2*19-14-10(2-1-3-11(14)18(20,21)22)17(28)27-9-4-26-15(12-7-30-8-23-12)24-25-16(26)13(27)6-29-5-9;18-13-9(1-2-10(20)14(13)19)17(26)25-8-3-24-15(11-6-28-7-21-11)22-23-16(24)12(25)5-27-4-8;18-12-9(1-2-22-13(12)17(19,20)21)16(28)27-8-3-26-14(10-6-30-7-23-10)24-25-15(26)11(27)5-29-4-8/h2-4,8-9,11,15H,5-7H2,1H3;2*1-3,7-9,13H,4-6H2;1-2,6-8,12H,3-5H2;1-2,6-8,11H,3-5H2/t11-,15-;2*9-,13-;8-,12-;8?,11-/m11111/s1. The van der Waals surface area contributed by atoms with Gasteiger partial charge in [-0.2, -0.15) is 52.7 Å². The van der Waals surface area contributed by atoms with Crippen LogP contribution in [0, 0.1) is 24.4 Å². The summed E-state index contributed by atoms with van der Waals surface area (Å²) in [6, 6.07) is 8.19. The van der Waals surface area contributed by atoms with Gasteiger partial charge in [0.15, 0.2) is 69.8 Å². The fourth-order valence-electron chi connectivity index (χ4n) is 19.4. The Morgan fingerprint density at radius 3 is 0.905 bits per heavy atom. The molecule has 11 aromatic heterocycles. The predicted molar refractivity (Wildman–Crippen MR) is 493 cm³/mol. The number of pyridine rings is 1. The van der Waals surface area contributed by atoms with Crippen LogP contribution in [0.1, 0.15) is 139 Å². The van der Waals surface area contributed by atoms with Crippen LogP contribution in [0.2, 0.25) is 15.1 Å². The van der Waals surface area contributed by atoms with E-state index in [9.17, 15) is 89.8 Å². The summed E-state index contributed by atoms with van der Waals surface area (Å²) in [5, 5.41) is 50.5. The Kier molecular flexibility index (Phi) is 27.3. The molecule has 10 aliphatic heterocycles. The first-order chi connectivity index (χ1) is 71.0. The average molecular weight is 2210 g/mol. The smallest absolute Gasteiger partial charge is 0.377 e. The Morgan fingerprint density at radius 1 is 0.311 bits per heavy atom. The number of morpholine rings is 5. The minimum Gasteiger partial charge on any atom is -0.377 e. The SMILES string of the molecule is Cc1c(C(=O)N2[C@H]3COC[C@@H]2c2nnc(-c4cscn4)n2C3)cccc1C(F)(F)F.O=C(c1ccc(F)c(Cl)c1Cl)N1[C@H]2COC[C@@H]1c1nnc(-c3cscn3)n1C2.O=C(c1cccc(C(F)(F)F)c1Cl)N1[C@H]2COC[C@@H]1c1nnc(-c3cscn3)n1C2.O=C(c1cccc(C(F)(F)F)c1F)N1[C@H]2COC[C@@H]1c1nnc(-c3cscn3)n1C2.O=C(c1ccnc(C(F)(F)F)c1F)N1C2COC[C@@H]1c1nnc(-c3cscn3)n1C2. The number of alkyl halides is 12. The van der Waals surface area contributed by atoms with E-state index in [1.54, 1.807) is 37.4 Å². The van der Waals surface area contributed by atoms with Crippen molar-refractivity contribution in [3.8, 4) is 57.6 Å². The van der Waals surface area contributed by atoms with Gasteiger partial charge in [0.25, 0.3) is 29.5 Å². The van der Waals surface area contributed by atoms with E-state index in [1.807, 2.05) is 49.7 Å². The maximum absolute atomic E-state index is 14.6. The molecule has 10 atom stereocenters. The molecule has 0 saturated carbocycles. The molecule has 0 aliphatic carbocycles. The maximum atomic E-state index is 14.6. The lowest BCUT2D eigenvalue weighted by atomic mass is 9.97. The molecule has 5 amide bonds. The molecule has 148 heavy (non-hydrogen) atoms. The summed E-state index contributed by atoms with van der Waals surface area (Å²) in [5.74, 6) is -1.57. The number of benzene rings is 4. The second-order valence-corrected chi connectivity index (χ2v) is 39.2. The highest BCUT2D eigenvalue weighted by Gasteiger charge is 2.53. The largest absolute Gasteiger partial charge is 0.436 e. The molecule has 59 heteroatoms. The number of ether oxygens (including phenoxy) is 5. The van der Waals surface area contributed by atoms with Gasteiger partial charge >= 0.3 is 24.7 Å². The van der Waals surface area contributed by atoms with Crippen molar-refractivity contribution in [3.05, 3.63) is 251 Å². The number of hydrogen-bond acceptors (Lipinski definition) is 31. The van der Waals surface area contributed by atoms with Gasteiger partial charge in [0.05, 0.1) is 178 Å². The van der Waals surface area contributed by atoms with Gasteiger partial charge in [-0.05, 0) is 67.1 Å². The zero-order chi connectivity index (χ0) is 104. The number of aromatic nitrogens is 21. The van der Waals surface area contributed by atoms with Crippen molar-refractivity contribution in [2.75, 3.05) is 66.1 Å². The van der Waals surface area contributed by atoms with E-state index >= 15 is 0 Å². The Labute approximate surface area is 856 Å². The second kappa shape index (κ2) is 40.1. The maximum Gasteiger partial charge on any atom is 0.436 e. The Hall–Kier alpha value is -13.2. The average Bonchev–Trinajstić information content (AvgIpc) is 1.31. The first-order valence-electron chi connectivity index (χ1n) is 44.3. The summed E-state index contributed by atoms with van der Waals surface area (Å²) in [5.41, 5.74) is 5.40. The minimum absolute atomic E-state index is 0.0365. The monoisotopic (exact) mass is 2210 g/mol. The number of fused-ring (bicyclic) bond motifs is 20. The van der Waals surface area contributed by atoms with Gasteiger partial charge in [0, 0.05) is 71.4 Å². The summed E-state index contributed by atoms with van der Waals surface area (Å²) >= 11 is 25.2. The molecule has 10 aliphatic rings. The van der Waals surface area contributed by atoms with E-state index in [2.05, 4.69) is 80.9 Å². The summed E-state index contributed by atoms with van der Waals surface area (Å²) in [7, 11) is 0. The number of carbonyl (C=O) groups is 5. The fraction of sp³-hybridized carbons (Fsp3) is 0.337. The van der Waals surface area contributed by atoms with Crippen LogP contribution in [0.25, 0.3) is 57.6 Å². The molecule has 0 N–H and O–H groups in total. The van der Waals surface area contributed by atoms with Crippen LogP contribution in [-0.2, 0) is 81.1 Å². The number of rotatable bonds is 10. The third-order valence-corrected chi connectivity index (χ3v) is 30.2. The quantitative estimate of drug-likeness (QED) is 0.0906. The summed E-state index contributed by atoms with van der Waals surface area (Å²) < 4.78 is 238. The number of nitrogens with zero attached hydrogens (tertiary/aromatic N) is 26. The van der Waals surface area contributed by atoms with E-state index in [4.69, 9.17) is 58.5 Å². The number of halogens is 18. The molecule has 4 aromatic carbocycles. The normalized spacial score (nSPS) is 20.9. The van der Waals surface area contributed by atoms with E-state index in [0.717, 1.165) is 48.3 Å². The lowest BCUT2D eigenvalue weighted by Crippen LogP contribution is -2.56. The Morgan fingerprint density at radius 2 is 0.595 bits per heavy atom. The first kappa shape index (κ1) is 101. The molecule has 5 saturated heterocycles. The molecule has 21 heterocycles. The Balaban J connectivity index is 0.000000108. The molecular formula is C89H66Cl3F15N26O10S5. The molecule has 0 radical (unpaired) electrons. The van der Waals surface area contributed by atoms with Crippen molar-refractivity contribution < 1.29 is 114 Å². The van der Waals surface area contributed by atoms with Crippen LogP contribution in [0.5, 0.6) is 0 Å². The van der Waals surface area contributed by atoms with Crippen LogP contribution < -0.4 is 0 Å². The topological polar surface area (TPSA) is 379 Å². The van der Waals surface area contributed by atoms with Gasteiger partial charge in [0.1, 0.15) is 70.3 Å². The zero-order valence-corrected chi connectivity index (χ0v) is 81.6. The third kappa shape index (κ3) is 18.4. The third-order valence-electron chi connectivity index (χ3n) is 26.0.